The number of urea groups is 1. The highest BCUT2D eigenvalue weighted by Crippen LogP contribution is 2.41. The minimum atomic E-state index is 0.152. The third kappa shape index (κ3) is 3.30. The van der Waals surface area contributed by atoms with Crippen LogP contribution in [0, 0.1) is 11.3 Å². The summed E-state index contributed by atoms with van der Waals surface area (Å²) in [5.41, 5.74) is 0.205. The number of ether oxygens (including phenoxy) is 1. The predicted octanol–water partition coefficient (Wildman–Crippen LogP) is 2.46. The smallest absolute Gasteiger partial charge is 0.317 e. The van der Waals surface area contributed by atoms with E-state index in [9.17, 15) is 4.79 Å². The van der Waals surface area contributed by atoms with E-state index in [1.54, 1.807) is 7.11 Å². The van der Waals surface area contributed by atoms with E-state index in [4.69, 9.17) is 4.74 Å². The lowest BCUT2D eigenvalue weighted by atomic mass is 9.69. The lowest BCUT2D eigenvalue weighted by Crippen LogP contribution is -2.58. The molecule has 0 aromatic carbocycles. The van der Waals surface area contributed by atoms with E-state index in [-0.39, 0.29) is 11.4 Å². The highest BCUT2D eigenvalue weighted by atomic mass is 16.5. The second kappa shape index (κ2) is 6.83. The molecule has 136 valence electrons. The third-order valence-corrected chi connectivity index (χ3v) is 6.89. The number of methoxy groups -OCH3 is 1. The highest BCUT2D eigenvalue weighted by molar-refractivity contribution is 5.74. The Balaban J connectivity index is 1.28. The standard InChI is InChI=1S/C19H33N3O2/c1-24-14-19(8-3-9-19)13-20-18(23)21-11-7-17-15(12-21)4-2-10-22(17)16-5-6-16/h15-17H,2-14H2,1H3,(H,20,23)/t15-,17-/m1/s1. The van der Waals surface area contributed by atoms with E-state index in [2.05, 4.69) is 15.1 Å². The molecule has 0 aromatic heterocycles. The van der Waals surface area contributed by atoms with Crippen molar-refractivity contribution in [3.05, 3.63) is 0 Å². The molecule has 0 bridgehead atoms. The Hall–Kier alpha value is -0.810. The average molecular weight is 335 g/mol. The molecule has 2 aliphatic carbocycles. The van der Waals surface area contributed by atoms with Gasteiger partial charge in [0.15, 0.2) is 0 Å². The molecule has 0 radical (unpaired) electrons. The summed E-state index contributed by atoms with van der Waals surface area (Å²) in [6, 6.07) is 1.76. The van der Waals surface area contributed by atoms with Gasteiger partial charge in [0.1, 0.15) is 0 Å². The molecule has 0 unspecified atom stereocenters. The van der Waals surface area contributed by atoms with Crippen LogP contribution >= 0.6 is 0 Å². The van der Waals surface area contributed by atoms with E-state index < -0.39 is 0 Å². The van der Waals surface area contributed by atoms with Crippen molar-refractivity contribution in [1.29, 1.82) is 0 Å². The zero-order valence-electron chi connectivity index (χ0n) is 15.1. The molecule has 2 aliphatic heterocycles. The predicted molar refractivity (Wildman–Crippen MR) is 94.0 cm³/mol. The second-order valence-corrected chi connectivity index (χ2v) is 8.62. The van der Waals surface area contributed by atoms with E-state index in [1.165, 1.54) is 51.5 Å². The fourth-order valence-electron chi connectivity index (χ4n) is 5.22. The highest BCUT2D eigenvalue weighted by Gasteiger charge is 2.43. The molecule has 1 N–H and O–H groups in total. The van der Waals surface area contributed by atoms with Gasteiger partial charge >= 0.3 is 6.03 Å². The van der Waals surface area contributed by atoms with Crippen LogP contribution in [0.15, 0.2) is 0 Å². The Morgan fingerprint density at radius 1 is 1.17 bits per heavy atom. The summed E-state index contributed by atoms with van der Waals surface area (Å²) in [6.07, 6.45) is 10.2. The van der Waals surface area contributed by atoms with E-state index >= 15 is 0 Å². The van der Waals surface area contributed by atoms with Crippen LogP contribution in [0.5, 0.6) is 0 Å². The topological polar surface area (TPSA) is 44.8 Å². The molecular weight excluding hydrogens is 302 g/mol. The first-order valence-electron chi connectivity index (χ1n) is 9.98. The zero-order chi connectivity index (χ0) is 16.6. The Kier molecular flexibility index (Phi) is 4.74. The molecule has 2 atom stereocenters. The Bertz CT molecular complexity index is 462. The fourth-order valence-corrected chi connectivity index (χ4v) is 5.22. The minimum Gasteiger partial charge on any atom is -0.384 e. The number of amides is 2. The summed E-state index contributed by atoms with van der Waals surface area (Å²) in [4.78, 5) is 17.5. The molecule has 4 fully saturated rings. The number of hydrogen-bond acceptors (Lipinski definition) is 3. The summed E-state index contributed by atoms with van der Waals surface area (Å²) < 4.78 is 5.37. The van der Waals surface area contributed by atoms with Crippen LogP contribution in [0.4, 0.5) is 4.79 Å². The van der Waals surface area contributed by atoms with Gasteiger partial charge in [0.2, 0.25) is 0 Å². The van der Waals surface area contributed by atoms with Crippen molar-refractivity contribution >= 4 is 6.03 Å². The minimum absolute atomic E-state index is 0.152. The van der Waals surface area contributed by atoms with Crippen LogP contribution in [-0.2, 0) is 4.74 Å². The SMILES string of the molecule is COCC1(CNC(=O)N2CC[C@@H]3[C@H](CCCN3C3CC3)C2)CCC1. The Morgan fingerprint density at radius 3 is 2.67 bits per heavy atom. The number of likely N-dealkylation sites (tertiary alicyclic amines) is 2. The van der Waals surface area contributed by atoms with Crippen molar-refractivity contribution in [3.8, 4) is 0 Å². The van der Waals surface area contributed by atoms with Gasteiger partial charge < -0.3 is 15.0 Å². The van der Waals surface area contributed by atoms with Gasteiger partial charge in [-0.25, -0.2) is 4.79 Å². The van der Waals surface area contributed by atoms with Crippen LogP contribution in [0.3, 0.4) is 0 Å². The van der Waals surface area contributed by atoms with Crippen molar-refractivity contribution in [2.75, 3.05) is 39.9 Å². The molecule has 4 aliphatic rings. The lowest BCUT2D eigenvalue weighted by molar-refractivity contribution is 0.0141. The summed E-state index contributed by atoms with van der Waals surface area (Å²) >= 11 is 0. The number of nitrogens with zero attached hydrogens (tertiary/aromatic N) is 2. The molecule has 2 saturated carbocycles. The van der Waals surface area contributed by atoms with Crippen LogP contribution in [0.2, 0.25) is 0 Å². The summed E-state index contributed by atoms with van der Waals surface area (Å²) in [5, 5.41) is 3.22. The monoisotopic (exact) mass is 335 g/mol. The van der Waals surface area contributed by atoms with Gasteiger partial charge in [-0.3, -0.25) is 4.90 Å². The number of carbonyl (C=O) groups is 1. The third-order valence-electron chi connectivity index (χ3n) is 6.89. The first-order chi connectivity index (χ1) is 11.7. The summed E-state index contributed by atoms with van der Waals surface area (Å²) in [7, 11) is 1.77. The van der Waals surface area contributed by atoms with Gasteiger partial charge in [-0.2, -0.15) is 0 Å². The fraction of sp³-hybridized carbons (Fsp3) is 0.947. The second-order valence-electron chi connectivity index (χ2n) is 8.62. The molecular formula is C19H33N3O2. The summed E-state index contributed by atoms with van der Waals surface area (Å²) in [6.45, 7) is 4.72. The molecule has 0 spiro atoms. The van der Waals surface area contributed by atoms with Crippen molar-refractivity contribution in [1.82, 2.24) is 15.1 Å². The molecule has 2 amide bonds. The molecule has 5 nitrogen and oxygen atoms in total. The summed E-state index contributed by atoms with van der Waals surface area (Å²) in [5.74, 6) is 0.690. The van der Waals surface area contributed by atoms with Crippen LogP contribution in [0.1, 0.15) is 51.4 Å². The molecule has 0 aromatic rings. The van der Waals surface area contributed by atoms with E-state index in [0.717, 1.165) is 44.7 Å². The Morgan fingerprint density at radius 2 is 2.00 bits per heavy atom. The zero-order valence-corrected chi connectivity index (χ0v) is 15.1. The number of nitrogens with one attached hydrogen (secondary N) is 1. The van der Waals surface area contributed by atoms with Gasteiger partial charge in [0, 0.05) is 44.2 Å². The van der Waals surface area contributed by atoms with E-state index in [1.807, 2.05) is 0 Å². The first kappa shape index (κ1) is 16.6. The number of hydrogen-bond donors (Lipinski definition) is 1. The largest absolute Gasteiger partial charge is 0.384 e. The van der Waals surface area contributed by atoms with Gasteiger partial charge in [0.25, 0.3) is 0 Å². The van der Waals surface area contributed by atoms with Crippen LogP contribution < -0.4 is 5.32 Å². The lowest BCUT2D eigenvalue weighted by Gasteiger charge is -2.48. The van der Waals surface area contributed by atoms with Gasteiger partial charge in [0.05, 0.1) is 6.61 Å². The van der Waals surface area contributed by atoms with E-state index in [0.29, 0.717) is 5.92 Å². The average Bonchev–Trinajstić information content (AvgIpc) is 3.40. The maximum atomic E-state index is 12.7. The van der Waals surface area contributed by atoms with Gasteiger partial charge in [-0.05, 0) is 57.4 Å². The van der Waals surface area contributed by atoms with Crippen molar-refractivity contribution in [2.45, 2.75) is 63.5 Å². The molecule has 2 saturated heterocycles. The van der Waals surface area contributed by atoms with Crippen molar-refractivity contribution in [3.63, 3.8) is 0 Å². The van der Waals surface area contributed by atoms with Gasteiger partial charge in [-0.1, -0.05) is 6.42 Å². The molecule has 2 heterocycles. The normalized spacial score (nSPS) is 32.8. The molecule has 5 heteroatoms. The maximum Gasteiger partial charge on any atom is 0.317 e. The first-order valence-corrected chi connectivity index (χ1v) is 9.98. The quantitative estimate of drug-likeness (QED) is 0.839. The molecule has 4 rings (SSSR count). The Labute approximate surface area is 146 Å². The van der Waals surface area contributed by atoms with Crippen molar-refractivity contribution in [2.24, 2.45) is 11.3 Å². The maximum absolute atomic E-state index is 12.7. The number of piperidine rings is 2. The van der Waals surface area contributed by atoms with Gasteiger partial charge in [-0.15, -0.1) is 0 Å². The number of rotatable bonds is 5. The van der Waals surface area contributed by atoms with Crippen LogP contribution in [-0.4, -0.2) is 67.8 Å². The van der Waals surface area contributed by atoms with Crippen molar-refractivity contribution < 1.29 is 9.53 Å². The van der Waals surface area contributed by atoms with Crippen LogP contribution in [0.25, 0.3) is 0 Å². The number of carbonyl (C=O) groups excluding carboxylic acids is 1. The number of fused-ring (bicyclic) bond motifs is 1. The molecule has 24 heavy (non-hydrogen) atoms.